The second-order valence-electron chi connectivity index (χ2n) is 12.8. The smallest absolute Gasteiger partial charge is 0.265 e. The SMILES string of the molecule is Nc1nc(-c2cccc(-n3ccc4cc(C5CC5)cc(F)c4c3=O)c2CO)c2cc(C3=CCN(C(=O)CC4CNCCO4)CC3)[nH]c2n1. The van der Waals surface area contributed by atoms with Gasteiger partial charge in [0.25, 0.3) is 5.56 Å². The number of rotatable bonds is 7. The van der Waals surface area contributed by atoms with Gasteiger partial charge in [-0.2, -0.15) is 4.98 Å². The summed E-state index contributed by atoms with van der Waals surface area (Å²) < 4.78 is 22.4. The van der Waals surface area contributed by atoms with Crippen molar-refractivity contribution in [3.8, 4) is 16.9 Å². The number of amides is 1. The van der Waals surface area contributed by atoms with Crippen molar-refractivity contribution in [2.75, 3.05) is 38.5 Å². The highest BCUT2D eigenvalue weighted by atomic mass is 19.1. The number of hydrogen-bond acceptors (Lipinski definition) is 8. The van der Waals surface area contributed by atoms with Gasteiger partial charge in [-0.05, 0) is 66.0 Å². The molecule has 246 valence electrons. The van der Waals surface area contributed by atoms with E-state index in [-0.39, 0.29) is 23.3 Å². The highest BCUT2D eigenvalue weighted by Crippen LogP contribution is 2.41. The third kappa shape index (κ3) is 5.55. The zero-order valence-corrected chi connectivity index (χ0v) is 26.3. The van der Waals surface area contributed by atoms with Gasteiger partial charge in [-0.1, -0.05) is 24.3 Å². The monoisotopic (exact) mass is 649 g/mol. The van der Waals surface area contributed by atoms with E-state index in [4.69, 9.17) is 10.5 Å². The Bertz CT molecular complexity index is 2160. The Labute approximate surface area is 275 Å². The van der Waals surface area contributed by atoms with Crippen LogP contribution in [0.25, 0.3) is 44.3 Å². The number of ether oxygens (including phenoxy) is 1. The Morgan fingerprint density at radius 2 is 2.04 bits per heavy atom. The fourth-order valence-electron chi connectivity index (χ4n) is 7.00. The van der Waals surface area contributed by atoms with Gasteiger partial charge in [-0.25, -0.2) is 9.37 Å². The molecule has 2 fully saturated rings. The van der Waals surface area contributed by atoms with E-state index in [9.17, 15) is 14.7 Å². The van der Waals surface area contributed by atoms with Crippen molar-refractivity contribution in [1.82, 2.24) is 29.7 Å². The number of nitrogen functional groups attached to an aromatic ring is 1. The summed E-state index contributed by atoms with van der Waals surface area (Å²) in [7, 11) is 0. The Morgan fingerprint density at radius 1 is 1.17 bits per heavy atom. The first-order valence-electron chi connectivity index (χ1n) is 16.4. The van der Waals surface area contributed by atoms with Gasteiger partial charge < -0.3 is 30.8 Å². The van der Waals surface area contributed by atoms with Gasteiger partial charge in [0.15, 0.2) is 0 Å². The van der Waals surface area contributed by atoms with Crippen LogP contribution in [-0.2, 0) is 16.1 Å². The highest BCUT2D eigenvalue weighted by Gasteiger charge is 2.27. The average Bonchev–Trinajstić information content (AvgIpc) is 3.87. The average molecular weight is 650 g/mol. The minimum absolute atomic E-state index is 0.0143. The predicted octanol–water partition coefficient (Wildman–Crippen LogP) is 4.01. The minimum Gasteiger partial charge on any atom is -0.392 e. The molecule has 5 N–H and O–H groups in total. The van der Waals surface area contributed by atoms with Crippen LogP contribution in [0.3, 0.4) is 0 Å². The topological polar surface area (TPSA) is 151 Å². The number of aliphatic hydroxyl groups excluding tert-OH is 1. The van der Waals surface area contributed by atoms with Crippen LogP contribution < -0.4 is 16.6 Å². The minimum atomic E-state index is -0.541. The van der Waals surface area contributed by atoms with E-state index in [2.05, 4.69) is 20.3 Å². The van der Waals surface area contributed by atoms with Crippen molar-refractivity contribution in [2.24, 2.45) is 0 Å². The first kappa shape index (κ1) is 30.4. The van der Waals surface area contributed by atoms with Gasteiger partial charge in [0.1, 0.15) is 11.5 Å². The summed E-state index contributed by atoms with van der Waals surface area (Å²) in [4.78, 5) is 40.9. The molecule has 3 aliphatic rings. The van der Waals surface area contributed by atoms with E-state index in [1.54, 1.807) is 24.4 Å². The lowest BCUT2D eigenvalue weighted by molar-refractivity contribution is -0.134. The molecule has 0 bridgehead atoms. The third-order valence-electron chi connectivity index (χ3n) is 9.67. The van der Waals surface area contributed by atoms with E-state index in [1.165, 1.54) is 10.6 Å². The summed E-state index contributed by atoms with van der Waals surface area (Å²) in [5, 5.41) is 15.2. The van der Waals surface area contributed by atoms with Gasteiger partial charge in [0, 0.05) is 54.6 Å². The van der Waals surface area contributed by atoms with Crippen LogP contribution in [0.4, 0.5) is 10.3 Å². The number of fused-ring (bicyclic) bond motifs is 2. The lowest BCUT2D eigenvalue weighted by Gasteiger charge is -2.29. The quantitative estimate of drug-likeness (QED) is 0.207. The molecule has 11 nitrogen and oxygen atoms in total. The van der Waals surface area contributed by atoms with Gasteiger partial charge in [0.05, 0.1) is 42.5 Å². The number of aromatic amines is 1. The molecule has 1 saturated carbocycles. The van der Waals surface area contributed by atoms with Gasteiger partial charge in [0.2, 0.25) is 11.9 Å². The summed E-state index contributed by atoms with van der Waals surface area (Å²) >= 11 is 0. The molecule has 1 saturated heterocycles. The summed E-state index contributed by atoms with van der Waals surface area (Å²) in [6, 6.07) is 12.4. The molecule has 5 aromatic rings. The molecule has 12 heteroatoms. The number of nitrogens with two attached hydrogens (primary N) is 1. The largest absolute Gasteiger partial charge is 0.392 e. The first-order chi connectivity index (χ1) is 23.4. The molecular weight excluding hydrogens is 613 g/mol. The Balaban J connectivity index is 1.13. The number of carbonyl (C=O) groups is 1. The Kier molecular flexibility index (Phi) is 7.78. The van der Waals surface area contributed by atoms with Crippen LogP contribution in [-0.4, -0.2) is 74.3 Å². The van der Waals surface area contributed by atoms with Crippen LogP contribution in [0.1, 0.15) is 48.4 Å². The lowest BCUT2D eigenvalue weighted by atomic mass is 9.99. The van der Waals surface area contributed by atoms with Crippen LogP contribution in [0.5, 0.6) is 0 Å². The second kappa shape index (κ2) is 12.3. The van der Waals surface area contributed by atoms with Crippen molar-refractivity contribution in [3.05, 3.63) is 87.7 Å². The number of nitrogens with zero attached hydrogens (tertiary/aromatic N) is 4. The maximum Gasteiger partial charge on any atom is 0.265 e. The van der Waals surface area contributed by atoms with Crippen LogP contribution in [0.15, 0.2) is 59.5 Å². The van der Waals surface area contributed by atoms with Gasteiger partial charge in [-0.15, -0.1) is 0 Å². The van der Waals surface area contributed by atoms with Crippen molar-refractivity contribution < 1.29 is 19.0 Å². The summed E-state index contributed by atoms with van der Waals surface area (Å²) in [6.07, 6.45) is 6.64. The predicted molar refractivity (Wildman–Crippen MR) is 181 cm³/mol. The van der Waals surface area contributed by atoms with Crippen molar-refractivity contribution >= 4 is 39.2 Å². The number of pyridine rings is 1. The van der Waals surface area contributed by atoms with Gasteiger partial charge >= 0.3 is 0 Å². The highest BCUT2D eigenvalue weighted by molar-refractivity contribution is 5.95. The second-order valence-corrected chi connectivity index (χ2v) is 12.8. The number of aromatic nitrogens is 4. The molecule has 1 unspecified atom stereocenters. The number of halogens is 1. The van der Waals surface area contributed by atoms with E-state index < -0.39 is 18.0 Å². The molecule has 0 spiro atoms. The standard InChI is InChI=1S/C36H36FN7O4/c37-28-15-23(20-4-5-20)14-22-8-12-44(35(47)32(22)28)30-3-1-2-25(27(30)19-45)33-26-17-29(40-34(26)42-36(38)41-33)21-6-10-43(11-7-21)31(46)16-24-18-39-9-13-48-24/h1-3,6,8,12,14-15,17,20,24,39,45H,4-5,7,9-11,13,16,18-19H2,(H3,38,40,41,42). The maximum atomic E-state index is 15.3. The molecule has 1 aliphatic carbocycles. The van der Waals surface area contributed by atoms with Gasteiger partial charge in [-0.3, -0.25) is 14.2 Å². The molecule has 48 heavy (non-hydrogen) atoms. The molecule has 1 atom stereocenters. The molecule has 2 aliphatic heterocycles. The Morgan fingerprint density at radius 3 is 2.79 bits per heavy atom. The maximum absolute atomic E-state index is 15.3. The number of morpholine rings is 1. The zero-order valence-electron chi connectivity index (χ0n) is 26.3. The van der Waals surface area contributed by atoms with Crippen molar-refractivity contribution in [3.63, 3.8) is 0 Å². The molecule has 8 rings (SSSR count). The molecule has 1 amide bonds. The summed E-state index contributed by atoms with van der Waals surface area (Å²) in [5.41, 5.74) is 10.9. The van der Waals surface area contributed by atoms with E-state index >= 15 is 4.39 Å². The van der Waals surface area contributed by atoms with Crippen LogP contribution in [0.2, 0.25) is 0 Å². The lowest BCUT2D eigenvalue weighted by Crippen LogP contribution is -2.43. The number of benzene rings is 2. The number of hydrogen-bond donors (Lipinski definition) is 4. The third-order valence-corrected chi connectivity index (χ3v) is 9.67. The molecule has 5 heterocycles. The van der Waals surface area contributed by atoms with E-state index in [0.29, 0.717) is 83.9 Å². The van der Waals surface area contributed by atoms with Crippen LogP contribution in [0, 0.1) is 5.82 Å². The summed E-state index contributed by atoms with van der Waals surface area (Å²) in [6.45, 7) is 2.78. The number of nitrogens with one attached hydrogen (secondary N) is 2. The fraction of sp³-hybridized carbons (Fsp3) is 0.333. The molecule has 0 radical (unpaired) electrons. The normalized spacial score (nSPS) is 18.4. The van der Waals surface area contributed by atoms with E-state index in [1.807, 2.05) is 29.2 Å². The van der Waals surface area contributed by atoms with E-state index in [0.717, 1.165) is 36.2 Å². The fourth-order valence-corrected chi connectivity index (χ4v) is 7.00. The molecule has 3 aromatic heterocycles. The van der Waals surface area contributed by atoms with Crippen molar-refractivity contribution in [2.45, 2.75) is 44.3 Å². The molecule has 2 aromatic carbocycles. The molecular formula is C36H36FN7O4. The number of aliphatic hydroxyl groups is 1. The van der Waals surface area contributed by atoms with Crippen molar-refractivity contribution in [1.29, 1.82) is 0 Å². The number of anilines is 1. The summed E-state index contributed by atoms with van der Waals surface area (Å²) in [5.74, 6) is -0.0665. The zero-order chi connectivity index (χ0) is 32.9. The Hall–Kier alpha value is -4.91. The van der Waals surface area contributed by atoms with Crippen LogP contribution >= 0.6 is 0 Å². The number of carbonyl (C=O) groups excluding carboxylic acids is 1. The number of H-pyrrole nitrogens is 1. The first-order valence-corrected chi connectivity index (χ1v) is 16.4.